The minimum absolute atomic E-state index is 0.942. The highest BCUT2D eigenvalue weighted by Crippen LogP contribution is 1.78. The van der Waals surface area contributed by atoms with E-state index in [9.17, 15) is 0 Å². The summed E-state index contributed by atoms with van der Waals surface area (Å²) < 4.78 is 0. The molecular formula is C6H10N3+. The van der Waals surface area contributed by atoms with Crippen LogP contribution in [0.3, 0.4) is 0 Å². The summed E-state index contributed by atoms with van der Waals surface area (Å²) in [5.41, 5.74) is 0. The fourth-order valence-electron chi connectivity index (χ4n) is 0.571. The van der Waals surface area contributed by atoms with Gasteiger partial charge in [0, 0.05) is 5.22 Å². The normalized spacial score (nSPS) is 24.3. The van der Waals surface area contributed by atoms with Gasteiger partial charge < -0.3 is 0 Å². The number of allylic oxidation sites excluding steroid dienone is 1. The van der Waals surface area contributed by atoms with Crippen LogP contribution >= 0.6 is 0 Å². The predicted octanol–water partition coefficient (Wildman–Crippen LogP) is 0.647. The molecule has 0 aliphatic carbocycles. The van der Waals surface area contributed by atoms with Gasteiger partial charge in [0.15, 0.2) is 0 Å². The maximum atomic E-state index is 3.82. The summed E-state index contributed by atoms with van der Waals surface area (Å²) in [6.45, 7) is 2.09. The minimum atomic E-state index is 0.942. The van der Waals surface area contributed by atoms with Gasteiger partial charge in [-0.15, -0.1) is 10.1 Å². The van der Waals surface area contributed by atoms with Crippen LogP contribution in [-0.2, 0) is 0 Å². The van der Waals surface area contributed by atoms with Crippen molar-refractivity contribution in [1.82, 2.24) is 0 Å². The van der Waals surface area contributed by atoms with Crippen molar-refractivity contribution < 1.29 is 5.01 Å². The van der Waals surface area contributed by atoms with E-state index < -0.39 is 0 Å². The van der Waals surface area contributed by atoms with E-state index in [-0.39, 0.29) is 0 Å². The first-order valence-corrected chi connectivity index (χ1v) is 3.04. The van der Waals surface area contributed by atoms with Crippen molar-refractivity contribution >= 4 is 0 Å². The van der Waals surface area contributed by atoms with Gasteiger partial charge in [0.25, 0.3) is 0 Å². The first-order valence-electron chi connectivity index (χ1n) is 3.04. The zero-order valence-electron chi connectivity index (χ0n) is 5.41. The molecule has 0 radical (unpaired) electrons. The lowest BCUT2D eigenvalue weighted by Crippen LogP contribution is -2.96. The quantitative estimate of drug-likeness (QED) is 0.560. The van der Waals surface area contributed by atoms with Gasteiger partial charge in [-0.2, -0.15) is 0 Å². The highest BCUT2D eigenvalue weighted by Gasteiger charge is 1.99. The molecular weight excluding hydrogens is 114 g/mol. The van der Waals surface area contributed by atoms with E-state index in [4.69, 9.17) is 0 Å². The van der Waals surface area contributed by atoms with Crippen LogP contribution in [0, 0.1) is 0 Å². The predicted molar refractivity (Wildman–Crippen MR) is 34.4 cm³/mol. The maximum absolute atomic E-state index is 3.82. The van der Waals surface area contributed by atoms with E-state index in [2.05, 4.69) is 23.3 Å². The molecule has 1 heterocycles. The summed E-state index contributed by atoms with van der Waals surface area (Å²) >= 11 is 0. The van der Waals surface area contributed by atoms with Crippen molar-refractivity contribution in [3.63, 3.8) is 0 Å². The SMILES string of the molecule is CCC=C[NH+]1C=CN=N1. The Bertz CT molecular complexity index is 146. The summed E-state index contributed by atoms with van der Waals surface area (Å²) in [4.78, 5) is 0. The van der Waals surface area contributed by atoms with E-state index in [1.165, 1.54) is 0 Å². The van der Waals surface area contributed by atoms with E-state index >= 15 is 0 Å². The molecule has 3 heteroatoms. The fourth-order valence-corrected chi connectivity index (χ4v) is 0.571. The summed E-state index contributed by atoms with van der Waals surface area (Å²) in [5.74, 6) is 0. The second-order valence-corrected chi connectivity index (χ2v) is 1.77. The molecule has 0 spiro atoms. The molecule has 1 rings (SSSR count). The summed E-state index contributed by atoms with van der Waals surface area (Å²) in [6.07, 6.45) is 8.64. The Balaban J connectivity index is 2.36. The molecule has 0 aromatic rings. The summed E-state index contributed by atoms with van der Waals surface area (Å²) in [7, 11) is 0. The van der Waals surface area contributed by atoms with Crippen LogP contribution < -0.4 is 5.01 Å². The van der Waals surface area contributed by atoms with Crippen LogP contribution in [0.25, 0.3) is 0 Å². The van der Waals surface area contributed by atoms with Crippen LogP contribution in [0.4, 0.5) is 0 Å². The number of quaternary nitrogens is 1. The van der Waals surface area contributed by atoms with Crippen LogP contribution in [-0.4, -0.2) is 0 Å². The molecule has 1 N–H and O–H groups in total. The third-order valence-electron chi connectivity index (χ3n) is 1.01. The Morgan fingerprint density at radius 2 is 2.56 bits per heavy atom. The van der Waals surface area contributed by atoms with Crippen molar-refractivity contribution in [1.29, 1.82) is 0 Å². The van der Waals surface area contributed by atoms with Crippen LogP contribution in [0.2, 0.25) is 0 Å². The van der Waals surface area contributed by atoms with Gasteiger partial charge in [-0.25, -0.2) is 0 Å². The largest absolute Gasteiger partial charge is 0.147 e. The number of rotatable bonds is 2. The highest BCUT2D eigenvalue weighted by atomic mass is 15.5. The molecule has 0 aromatic heterocycles. The first kappa shape index (κ1) is 6.16. The zero-order chi connectivity index (χ0) is 6.53. The van der Waals surface area contributed by atoms with Crippen molar-refractivity contribution in [2.45, 2.75) is 13.3 Å². The van der Waals surface area contributed by atoms with Crippen molar-refractivity contribution in [3.05, 3.63) is 24.7 Å². The smallest absolute Gasteiger partial charge is 0.136 e. The summed E-state index contributed by atoms with van der Waals surface area (Å²) in [5, 5.41) is 8.43. The van der Waals surface area contributed by atoms with E-state index in [0.29, 0.717) is 0 Å². The van der Waals surface area contributed by atoms with Crippen molar-refractivity contribution in [2.75, 3.05) is 0 Å². The Morgan fingerprint density at radius 3 is 3.11 bits per heavy atom. The molecule has 0 bridgehead atoms. The van der Waals surface area contributed by atoms with E-state index in [0.717, 1.165) is 11.4 Å². The minimum Gasteiger partial charge on any atom is -0.136 e. The molecule has 48 valence electrons. The van der Waals surface area contributed by atoms with Crippen LogP contribution in [0.1, 0.15) is 13.3 Å². The molecule has 3 nitrogen and oxygen atoms in total. The van der Waals surface area contributed by atoms with E-state index in [1.54, 1.807) is 6.20 Å². The Labute approximate surface area is 54.4 Å². The average molecular weight is 124 g/mol. The van der Waals surface area contributed by atoms with Gasteiger partial charge in [-0.3, -0.25) is 0 Å². The topological polar surface area (TPSA) is 29.2 Å². The van der Waals surface area contributed by atoms with Crippen molar-refractivity contribution in [2.24, 2.45) is 10.3 Å². The third-order valence-corrected chi connectivity index (χ3v) is 1.01. The Morgan fingerprint density at radius 1 is 1.67 bits per heavy atom. The Hall–Kier alpha value is -0.960. The highest BCUT2D eigenvalue weighted by molar-refractivity contribution is 4.75. The molecule has 9 heavy (non-hydrogen) atoms. The molecule has 1 aliphatic rings. The van der Waals surface area contributed by atoms with Gasteiger partial charge in [0.1, 0.15) is 18.6 Å². The van der Waals surface area contributed by atoms with Gasteiger partial charge >= 0.3 is 0 Å². The molecule has 1 aliphatic heterocycles. The van der Waals surface area contributed by atoms with Crippen LogP contribution in [0.15, 0.2) is 35.0 Å². The third kappa shape index (κ3) is 1.77. The molecule has 0 saturated heterocycles. The molecule has 1 atom stereocenters. The maximum Gasteiger partial charge on any atom is 0.147 e. The lowest BCUT2D eigenvalue weighted by molar-refractivity contribution is -0.798. The zero-order valence-corrected chi connectivity index (χ0v) is 5.41. The molecule has 1 unspecified atom stereocenters. The second-order valence-electron chi connectivity index (χ2n) is 1.77. The monoisotopic (exact) mass is 124 g/mol. The van der Waals surface area contributed by atoms with Gasteiger partial charge in [0.05, 0.1) is 0 Å². The van der Waals surface area contributed by atoms with Gasteiger partial charge in [0.2, 0.25) is 0 Å². The number of hydrogen-bond acceptors (Lipinski definition) is 2. The second kappa shape index (κ2) is 3.14. The molecule has 0 saturated carbocycles. The molecule has 0 fully saturated rings. The molecule has 0 aromatic carbocycles. The Kier molecular flexibility index (Phi) is 2.15. The lowest BCUT2D eigenvalue weighted by atomic mass is 10.5. The standard InChI is InChI=1S/C6H9N3/c1-2-3-5-9-6-4-7-8-9/h3-6H,2H2,1H3/p+1. The number of nitrogens with zero attached hydrogens (tertiary/aromatic N) is 2. The number of hydrogen-bond donors (Lipinski definition) is 1. The average Bonchev–Trinajstić information content (AvgIpc) is 2.34. The first-order chi connectivity index (χ1) is 4.43. The van der Waals surface area contributed by atoms with E-state index in [1.807, 2.05) is 12.4 Å². The number of nitrogens with one attached hydrogen (secondary N) is 1. The summed E-state index contributed by atoms with van der Waals surface area (Å²) in [6, 6.07) is 0. The molecule has 0 amide bonds. The van der Waals surface area contributed by atoms with Gasteiger partial charge in [-0.05, 0) is 12.5 Å². The van der Waals surface area contributed by atoms with Crippen LogP contribution in [0.5, 0.6) is 0 Å². The fraction of sp³-hybridized carbons (Fsp3) is 0.333. The van der Waals surface area contributed by atoms with Crippen molar-refractivity contribution in [3.8, 4) is 0 Å². The lowest BCUT2D eigenvalue weighted by Gasteiger charge is -1.89. The van der Waals surface area contributed by atoms with Gasteiger partial charge in [-0.1, -0.05) is 6.92 Å².